The van der Waals surface area contributed by atoms with Gasteiger partial charge in [-0.1, -0.05) is 30.4 Å². The molecule has 1 aromatic rings. The summed E-state index contributed by atoms with van der Waals surface area (Å²) in [4.78, 5) is 0.283. The summed E-state index contributed by atoms with van der Waals surface area (Å²) >= 11 is 4.92. The van der Waals surface area contributed by atoms with E-state index in [2.05, 4.69) is 0 Å². The van der Waals surface area contributed by atoms with Crippen LogP contribution in [0.1, 0.15) is 37.8 Å². The summed E-state index contributed by atoms with van der Waals surface area (Å²) in [6.45, 7) is 4.55. The van der Waals surface area contributed by atoms with Gasteiger partial charge in [-0.15, -0.1) is 0 Å². The molecule has 1 saturated heterocycles. The van der Waals surface area contributed by atoms with Crippen LogP contribution in [0, 0.1) is 0 Å². The number of nitrogens with two attached hydrogens (primary N) is 1. The van der Waals surface area contributed by atoms with Gasteiger partial charge in [0, 0.05) is 17.6 Å². The molecule has 1 heterocycles. The van der Waals surface area contributed by atoms with Crippen LogP contribution in [-0.4, -0.2) is 29.8 Å². The molecule has 0 amide bonds. The van der Waals surface area contributed by atoms with Gasteiger partial charge in [0.25, 0.3) is 0 Å². The van der Waals surface area contributed by atoms with Crippen molar-refractivity contribution < 1.29 is 8.42 Å². The largest absolute Gasteiger partial charge is 0.389 e. The van der Waals surface area contributed by atoms with Gasteiger partial charge in [-0.3, -0.25) is 0 Å². The van der Waals surface area contributed by atoms with Gasteiger partial charge < -0.3 is 5.73 Å². The number of hydrogen-bond donors (Lipinski definition) is 1. The smallest absolute Gasteiger partial charge is 0.218 e. The normalized spacial score (nSPS) is 19.1. The predicted octanol–water partition coefficient (Wildman–Crippen LogP) is 2.03. The summed E-state index contributed by atoms with van der Waals surface area (Å²) in [6.07, 6.45) is 1.82. The fraction of sp³-hybridized carbons (Fsp3) is 0.500. The second-order valence-electron chi connectivity index (χ2n) is 5.81. The van der Waals surface area contributed by atoms with Gasteiger partial charge in [0.15, 0.2) is 0 Å². The van der Waals surface area contributed by atoms with Crippen molar-refractivity contribution in [2.75, 3.05) is 6.54 Å². The second kappa shape index (κ2) is 5.42. The highest BCUT2D eigenvalue weighted by molar-refractivity contribution is 7.88. The van der Waals surface area contributed by atoms with Gasteiger partial charge in [-0.25, -0.2) is 8.42 Å². The second-order valence-corrected chi connectivity index (χ2v) is 8.14. The maximum absolute atomic E-state index is 12.6. The van der Waals surface area contributed by atoms with Gasteiger partial charge in [-0.05, 0) is 38.3 Å². The van der Waals surface area contributed by atoms with Crippen molar-refractivity contribution in [3.8, 4) is 0 Å². The first kappa shape index (κ1) is 15.4. The van der Waals surface area contributed by atoms with Crippen molar-refractivity contribution in [3.63, 3.8) is 0 Å². The Kier molecular flexibility index (Phi) is 4.18. The van der Waals surface area contributed by atoms with Crippen LogP contribution >= 0.6 is 12.2 Å². The Hall–Kier alpha value is -0.980. The van der Waals surface area contributed by atoms with Gasteiger partial charge >= 0.3 is 0 Å². The third-order valence-electron chi connectivity index (χ3n) is 3.72. The van der Waals surface area contributed by atoms with E-state index in [9.17, 15) is 8.42 Å². The summed E-state index contributed by atoms with van der Waals surface area (Å²) in [7, 11) is -3.31. The van der Waals surface area contributed by atoms with Crippen LogP contribution in [0.25, 0.3) is 0 Å². The fourth-order valence-electron chi connectivity index (χ4n) is 2.70. The van der Waals surface area contributed by atoms with Crippen molar-refractivity contribution in [1.29, 1.82) is 0 Å². The molecule has 20 heavy (non-hydrogen) atoms. The summed E-state index contributed by atoms with van der Waals surface area (Å²) < 4.78 is 26.7. The molecule has 0 aliphatic carbocycles. The molecular weight excluding hydrogens is 292 g/mol. The van der Waals surface area contributed by atoms with E-state index in [1.54, 1.807) is 28.6 Å². The monoisotopic (exact) mass is 312 g/mol. The molecule has 0 unspecified atom stereocenters. The minimum Gasteiger partial charge on any atom is -0.389 e. The third kappa shape index (κ3) is 3.19. The summed E-state index contributed by atoms with van der Waals surface area (Å²) in [5.41, 5.74) is 6.71. The number of sulfonamides is 1. The lowest BCUT2D eigenvalue weighted by atomic mass is 10.0. The molecule has 1 aliphatic rings. The first-order chi connectivity index (χ1) is 9.22. The maximum Gasteiger partial charge on any atom is 0.218 e. The standard InChI is InChI=1S/C14H20N2O2S2/c1-14(2)7-4-8-16(14)20(17,18)10-11-5-3-6-12(9-11)13(15)19/h3,5-6,9H,4,7-8,10H2,1-2H3,(H2,15,19). The molecule has 0 aromatic heterocycles. The van der Waals surface area contributed by atoms with E-state index in [1.807, 2.05) is 13.8 Å². The van der Waals surface area contributed by atoms with Crippen LogP contribution in [0.2, 0.25) is 0 Å². The topological polar surface area (TPSA) is 63.4 Å². The molecule has 0 atom stereocenters. The van der Waals surface area contributed by atoms with Crippen molar-refractivity contribution in [1.82, 2.24) is 4.31 Å². The predicted molar refractivity (Wildman–Crippen MR) is 85.0 cm³/mol. The summed E-state index contributed by atoms with van der Waals surface area (Å²) in [5.74, 6) is -0.00706. The molecule has 2 N–H and O–H groups in total. The van der Waals surface area contributed by atoms with Crippen LogP contribution in [-0.2, 0) is 15.8 Å². The average molecular weight is 312 g/mol. The average Bonchev–Trinajstić information content (AvgIpc) is 2.69. The van der Waals surface area contributed by atoms with Crippen LogP contribution in [0.3, 0.4) is 0 Å². The van der Waals surface area contributed by atoms with Crippen LogP contribution in [0.4, 0.5) is 0 Å². The molecule has 0 radical (unpaired) electrons. The van der Waals surface area contributed by atoms with E-state index in [4.69, 9.17) is 18.0 Å². The first-order valence-corrected chi connectivity index (χ1v) is 8.63. The van der Waals surface area contributed by atoms with E-state index in [0.717, 1.165) is 18.4 Å². The van der Waals surface area contributed by atoms with Crippen molar-refractivity contribution in [3.05, 3.63) is 35.4 Å². The third-order valence-corrected chi connectivity index (χ3v) is 6.00. The van der Waals surface area contributed by atoms with Crippen LogP contribution < -0.4 is 5.73 Å². The van der Waals surface area contributed by atoms with Gasteiger partial charge in [0.05, 0.1) is 5.75 Å². The van der Waals surface area contributed by atoms with Gasteiger partial charge in [0.2, 0.25) is 10.0 Å². The molecule has 4 nitrogen and oxygen atoms in total. The molecule has 1 fully saturated rings. The zero-order valence-corrected chi connectivity index (χ0v) is 13.4. The van der Waals surface area contributed by atoms with Gasteiger partial charge in [0.1, 0.15) is 4.99 Å². The van der Waals surface area contributed by atoms with Crippen molar-refractivity contribution in [2.24, 2.45) is 5.73 Å². The fourth-order valence-corrected chi connectivity index (χ4v) is 4.84. The van der Waals surface area contributed by atoms with Crippen molar-refractivity contribution >= 4 is 27.2 Å². The highest BCUT2D eigenvalue weighted by Gasteiger charge is 2.39. The summed E-state index contributed by atoms with van der Waals surface area (Å²) in [5, 5.41) is 0. The van der Waals surface area contributed by atoms with Crippen LogP contribution in [0.5, 0.6) is 0 Å². The Morgan fingerprint density at radius 1 is 1.45 bits per heavy atom. The number of rotatable bonds is 4. The van der Waals surface area contributed by atoms with Gasteiger partial charge in [-0.2, -0.15) is 4.31 Å². The Balaban J connectivity index is 2.25. The van der Waals surface area contributed by atoms with E-state index in [0.29, 0.717) is 12.1 Å². The minimum absolute atomic E-state index is 0.00706. The molecular formula is C14H20N2O2S2. The molecule has 1 aliphatic heterocycles. The first-order valence-electron chi connectivity index (χ1n) is 6.62. The lowest BCUT2D eigenvalue weighted by Crippen LogP contribution is -2.43. The number of nitrogens with zero attached hydrogens (tertiary/aromatic N) is 1. The Morgan fingerprint density at radius 3 is 2.70 bits per heavy atom. The highest BCUT2D eigenvalue weighted by atomic mass is 32.2. The molecule has 2 rings (SSSR count). The lowest BCUT2D eigenvalue weighted by molar-refractivity contribution is 0.291. The zero-order chi connectivity index (χ0) is 15.0. The van der Waals surface area contributed by atoms with Crippen LogP contribution in [0.15, 0.2) is 24.3 Å². The van der Waals surface area contributed by atoms with E-state index >= 15 is 0 Å². The molecule has 6 heteroatoms. The zero-order valence-electron chi connectivity index (χ0n) is 11.8. The molecule has 0 spiro atoms. The minimum atomic E-state index is -3.31. The number of benzene rings is 1. The highest BCUT2D eigenvalue weighted by Crippen LogP contribution is 2.32. The number of hydrogen-bond acceptors (Lipinski definition) is 3. The van der Waals surface area contributed by atoms with E-state index in [-0.39, 0.29) is 16.3 Å². The Morgan fingerprint density at radius 2 is 2.15 bits per heavy atom. The SMILES string of the molecule is CC1(C)CCCN1S(=O)(=O)Cc1cccc(C(N)=S)c1. The molecule has 0 saturated carbocycles. The Bertz CT molecular complexity index is 624. The Labute approximate surface area is 126 Å². The van der Waals surface area contributed by atoms with E-state index in [1.165, 1.54) is 0 Å². The van der Waals surface area contributed by atoms with Crippen molar-refractivity contribution in [2.45, 2.75) is 38.0 Å². The molecule has 0 bridgehead atoms. The molecule has 110 valence electrons. The number of thiocarbonyl (C=S) groups is 1. The van der Waals surface area contributed by atoms with E-state index < -0.39 is 10.0 Å². The molecule has 1 aromatic carbocycles. The maximum atomic E-state index is 12.6. The summed E-state index contributed by atoms with van der Waals surface area (Å²) in [6, 6.07) is 7.12. The quantitative estimate of drug-likeness (QED) is 0.864. The lowest BCUT2D eigenvalue weighted by Gasteiger charge is -2.30.